The second kappa shape index (κ2) is 17.5. The van der Waals surface area contributed by atoms with Gasteiger partial charge >= 0.3 is 0 Å². The quantitative estimate of drug-likeness (QED) is 0.0889. The lowest BCUT2D eigenvalue weighted by atomic mass is 9.95. The predicted molar refractivity (Wildman–Crippen MR) is 150 cm³/mol. The molecule has 0 aromatic heterocycles. The molecule has 49 heavy (non-hydrogen) atoms. The highest BCUT2D eigenvalue weighted by molar-refractivity contribution is 5.73. The van der Waals surface area contributed by atoms with E-state index in [4.69, 9.17) is 37.9 Å². The normalized spacial score (nSPS) is 49.4. The summed E-state index contributed by atoms with van der Waals surface area (Å²) < 4.78 is 44.4. The molecule has 4 aliphatic rings. The number of amides is 1. The van der Waals surface area contributed by atoms with Crippen molar-refractivity contribution in [1.82, 2.24) is 5.32 Å². The van der Waals surface area contributed by atoms with Crippen molar-refractivity contribution >= 4 is 5.91 Å². The molecule has 4 fully saturated rings. The summed E-state index contributed by atoms with van der Waals surface area (Å²) in [4.78, 5) is 11.9. The Morgan fingerprint density at radius 3 is 1.43 bits per heavy atom. The van der Waals surface area contributed by atoms with Gasteiger partial charge in [0, 0.05) is 14.0 Å². The van der Waals surface area contributed by atoms with Crippen LogP contribution in [0.3, 0.4) is 0 Å². The fourth-order valence-corrected chi connectivity index (χ4v) is 6.03. The Labute approximate surface area is 278 Å². The van der Waals surface area contributed by atoms with E-state index in [0.29, 0.717) is 0 Å². The van der Waals surface area contributed by atoms with E-state index in [0.717, 1.165) is 6.92 Å². The van der Waals surface area contributed by atoms with Crippen molar-refractivity contribution in [1.29, 1.82) is 0 Å². The van der Waals surface area contributed by atoms with Gasteiger partial charge in [-0.05, 0) is 0 Å². The van der Waals surface area contributed by atoms with Gasteiger partial charge in [0.25, 0.3) is 0 Å². The monoisotopic (exact) mass is 721 g/mol. The van der Waals surface area contributed by atoms with Crippen LogP contribution in [0, 0.1) is 0 Å². The lowest BCUT2D eigenvalue weighted by Gasteiger charge is -2.48. The molecule has 0 radical (unpaired) electrons. The molecular weight excluding hydrogens is 674 g/mol. The van der Waals surface area contributed by atoms with Crippen molar-refractivity contribution < 1.29 is 104 Å². The number of hydrogen-bond donors (Lipinski definition) is 13. The maximum atomic E-state index is 11.9. The molecule has 4 heterocycles. The van der Waals surface area contributed by atoms with Crippen molar-refractivity contribution in [3.8, 4) is 0 Å². The molecule has 22 heteroatoms. The first-order valence-corrected chi connectivity index (χ1v) is 15.5. The molecule has 0 unspecified atom stereocenters. The third-order valence-corrected chi connectivity index (χ3v) is 8.80. The Morgan fingerprint density at radius 1 is 0.551 bits per heavy atom. The fourth-order valence-electron chi connectivity index (χ4n) is 6.03. The molecule has 0 spiro atoms. The van der Waals surface area contributed by atoms with E-state index in [9.17, 15) is 66.1 Å². The standard InChI is InChI=1S/C27H47NO21/c1-7(32)28-12-15(35)23(49-27-20(40)17(37)14(34)9(4-30)45-27)11(47-24(12)42-2)6-43-25-21(41)18(38)22(10(5-31)46-25)48-26-19(39)16(36)13(33)8(3-29)44-26/h8-27,29-31,33-41H,3-6H2,1-2H3,(H,28,32)/t8-,9-,10-,11-,12-,13+,14+,15-,16+,17+,18-,19-,20-,21-,22-,23-,24-,25-,26+,27+/m1/s1. The average molecular weight is 722 g/mol. The number of ether oxygens (including phenoxy) is 8. The maximum Gasteiger partial charge on any atom is 0.217 e. The van der Waals surface area contributed by atoms with Crippen LogP contribution in [0.5, 0.6) is 0 Å². The Balaban J connectivity index is 1.49. The molecular formula is C27H47NO21. The van der Waals surface area contributed by atoms with Crippen molar-refractivity contribution in [3.63, 3.8) is 0 Å². The Hall–Kier alpha value is -1.33. The van der Waals surface area contributed by atoms with Gasteiger partial charge in [-0.15, -0.1) is 0 Å². The van der Waals surface area contributed by atoms with E-state index in [1.54, 1.807) is 0 Å². The number of aliphatic hydroxyl groups is 12. The van der Waals surface area contributed by atoms with Crippen LogP contribution in [0.4, 0.5) is 0 Å². The summed E-state index contributed by atoms with van der Waals surface area (Å²) in [5, 5.41) is 126. The predicted octanol–water partition coefficient (Wildman–Crippen LogP) is -8.95. The highest BCUT2D eigenvalue weighted by atomic mass is 16.8. The third kappa shape index (κ3) is 8.66. The number of methoxy groups -OCH3 is 1. The van der Waals surface area contributed by atoms with Crippen molar-refractivity contribution in [3.05, 3.63) is 0 Å². The summed E-state index contributed by atoms with van der Waals surface area (Å²) >= 11 is 0. The van der Waals surface area contributed by atoms with E-state index in [-0.39, 0.29) is 0 Å². The van der Waals surface area contributed by atoms with Gasteiger partial charge < -0.3 is 104 Å². The van der Waals surface area contributed by atoms with Crippen LogP contribution in [0.15, 0.2) is 0 Å². The number of nitrogens with one attached hydrogen (secondary N) is 1. The minimum Gasteiger partial charge on any atom is -0.394 e. The highest BCUT2D eigenvalue weighted by Gasteiger charge is 2.54. The van der Waals surface area contributed by atoms with Crippen molar-refractivity contribution in [2.45, 2.75) is 130 Å². The number of carbonyl (C=O) groups is 1. The number of aliphatic hydroxyl groups excluding tert-OH is 12. The third-order valence-electron chi connectivity index (χ3n) is 8.80. The van der Waals surface area contributed by atoms with Gasteiger partial charge in [0.2, 0.25) is 5.91 Å². The lowest BCUT2D eigenvalue weighted by molar-refractivity contribution is -0.368. The SMILES string of the molecule is CO[C@@H]1O[C@H](CO[C@@H]2O[C@H](CO)[C@@H](O[C@@H]3O[C@H](CO)[C@H](O)[C@H](O)[C@H]3O)[C@H](O)[C@H]2O)[C@@H](O[C@@H]2O[C@H](CO)[C@H](O)[C@H](O)[C@H]2O)[C@H](O)[C@H]1NC(C)=O. The highest BCUT2D eigenvalue weighted by Crippen LogP contribution is 2.32. The minimum absolute atomic E-state index is 0.598. The number of hydrogen-bond acceptors (Lipinski definition) is 21. The summed E-state index contributed by atoms with van der Waals surface area (Å²) in [6, 6.07) is -1.27. The van der Waals surface area contributed by atoms with Crippen LogP contribution in [0.1, 0.15) is 6.92 Å². The molecule has 286 valence electrons. The molecule has 0 aliphatic carbocycles. The topological polar surface area (TPSA) is 346 Å². The maximum absolute atomic E-state index is 11.9. The van der Waals surface area contributed by atoms with Crippen LogP contribution in [-0.2, 0) is 42.7 Å². The first-order valence-electron chi connectivity index (χ1n) is 15.5. The zero-order chi connectivity index (χ0) is 36.3. The van der Waals surface area contributed by atoms with Crippen LogP contribution in [0.2, 0.25) is 0 Å². The Morgan fingerprint density at radius 2 is 0.980 bits per heavy atom. The zero-order valence-corrected chi connectivity index (χ0v) is 26.4. The second-order valence-corrected chi connectivity index (χ2v) is 12.1. The first-order chi connectivity index (χ1) is 23.2. The summed E-state index contributed by atoms with van der Waals surface area (Å²) in [6.45, 7) is -1.89. The summed E-state index contributed by atoms with van der Waals surface area (Å²) in [6.07, 6.45) is -31.8. The molecule has 4 rings (SSSR count). The van der Waals surface area contributed by atoms with E-state index >= 15 is 0 Å². The molecule has 1 amide bonds. The van der Waals surface area contributed by atoms with Crippen LogP contribution in [-0.4, -0.2) is 223 Å². The van der Waals surface area contributed by atoms with Crippen molar-refractivity contribution in [2.75, 3.05) is 33.5 Å². The van der Waals surface area contributed by atoms with Gasteiger partial charge in [0.1, 0.15) is 97.6 Å². The first kappa shape index (κ1) is 40.4. The van der Waals surface area contributed by atoms with Gasteiger partial charge in [-0.2, -0.15) is 0 Å². The lowest BCUT2D eigenvalue weighted by Crippen LogP contribution is -2.68. The van der Waals surface area contributed by atoms with Gasteiger partial charge in [-0.3, -0.25) is 4.79 Å². The zero-order valence-electron chi connectivity index (χ0n) is 26.4. The number of carbonyl (C=O) groups excluding carboxylic acids is 1. The Bertz CT molecular complexity index is 1040. The van der Waals surface area contributed by atoms with E-state index < -0.39 is 155 Å². The smallest absolute Gasteiger partial charge is 0.217 e. The second-order valence-electron chi connectivity index (χ2n) is 12.1. The number of rotatable bonds is 12. The fraction of sp³-hybridized carbons (Fsp3) is 0.963. The molecule has 4 saturated heterocycles. The van der Waals surface area contributed by atoms with Crippen molar-refractivity contribution in [2.24, 2.45) is 0 Å². The van der Waals surface area contributed by atoms with Crippen LogP contribution < -0.4 is 5.32 Å². The van der Waals surface area contributed by atoms with E-state index in [1.165, 1.54) is 7.11 Å². The molecule has 0 saturated carbocycles. The van der Waals surface area contributed by atoms with E-state index in [1.807, 2.05) is 0 Å². The van der Waals surface area contributed by atoms with Gasteiger partial charge in [0.05, 0.1) is 26.4 Å². The van der Waals surface area contributed by atoms with Crippen LogP contribution >= 0.6 is 0 Å². The summed E-state index contributed by atoms with van der Waals surface area (Å²) in [5.74, 6) is -0.598. The average Bonchev–Trinajstić information content (AvgIpc) is 3.08. The van der Waals surface area contributed by atoms with Crippen LogP contribution in [0.25, 0.3) is 0 Å². The minimum atomic E-state index is -1.93. The molecule has 13 N–H and O–H groups in total. The largest absolute Gasteiger partial charge is 0.394 e. The van der Waals surface area contributed by atoms with Gasteiger partial charge in [-0.1, -0.05) is 0 Å². The molecule has 0 bridgehead atoms. The van der Waals surface area contributed by atoms with E-state index in [2.05, 4.69) is 5.32 Å². The van der Waals surface area contributed by atoms with Gasteiger partial charge in [0.15, 0.2) is 25.2 Å². The summed E-state index contributed by atoms with van der Waals surface area (Å²) in [5.41, 5.74) is 0. The van der Waals surface area contributed by atoms with Gasteiger partial charge in [-0.25, -0.2) is 0 Å². The molecule has 0 aromatic carbocycles. The molecule has 4 aliphatic heterocycles. The molecule has 20 atom stereocenters. The molecule has 0 aromatic rings. The summed E-state index contributed by atoms with van der Waals surface area (Å²) in [7, 11) is 1.20. The Kier molecular flexibility index (Phi) is 14.4. The molecule has 22 nitrogen and oxygen atoms in total.